The molecular formula is C22H27ClN6. The van der Waals surface area contributed by atoms with Crippen molar-refractivity contribution in [2.75, 3.05) is 31.1 Å². The highest BCUT2D eigenvalue weighted by Crippen LogP contribution is 2.31. The molecule has 0 spiro atoms. The number of hydrogen-bond donors (Lipinski definition) is 0. The molecule has 0 unspecified atom stereocenters. The summed E-state index contributed by atoms with van der Waals surface area (Å²) in [5.41, 5.74) is 2.20. The first-order valence-electron chi connectivity index (χ1n) is 10.0. The van der Waals surface area contributed by atoms with Crippen LogP contribution in [0, 0.1) is 0 Å². The monoisotopic (exact) mass is 410 g/mol. The summed E-state index contributed by atoms with van der Waals surface area (Å²) in [7, 11) is 0. The van der Waals surface area contributed by atoms with Crippen LogP contribution in [0.15, 0.2) is 54.6 Å². The zero-order valence-electron chi connectivity index (χ0n) is 17.2. The minimum Gasteiger partial charge on any atom is -0.369 e. The van der Waals surface area contributed by atoms with E-state index in [2.05, 4.69) is 76.4 Å². The van der Waals surface area contributed by atoms with Crippen LogP contribution < -0.4 is 4.90 Å². The molecule has 1 aliphatic heterocycles. The van der Waals surface area contributed by atoms with Crippen LogP contribution >= 0.6 is 11.6 Å². The molecule has 0 amide bonds. The fourth-order valence-electron chi connectivity index (χ4n) is 3.91. The van der Waals surface area contributed by atoms with Gasteiger partial charge in [0.15, 0.2) is 5.82 Å². The van der Waals surface area contributed by atoms with E-state index in [0.29, 0.717) is 0 Å². The van der Waals surface area contributed by atoms with E-state index in [4.69, 9.17) is 11.6 Å². The van der Waals surface area contributed by atoms with Crippen molar-refractivity contribution in [2.45, 2.75) is 32.4 Å². The molecule has 4 rings (SSSR count). The zero-order chi connectivity index (χ0) is 20.4. The Kier molecular flexibility index (Phi) is 5.56. The lowest BCUT2D eigenvalue weighted by Crippen LogP contribution is -2.48. The van der Waals surface area contributed by atoms with E-state index in [1.165, 1.54) is 11.3 Å². The summed E-state index contributed by atoms with van der Waals surface area (Å²) in [6, 6.07) is 18.6. The van der Waals surface area contributed by atoms with E-state index in [9.17, 15) is 0 Å². The van der Waals surface area contributed by atoms with Gasteiger partial charge in [-0.1, -0.05) is 48.0 Å². The van der Waals surface area contributed by atoms with Crippen LogP contribution in [-0.4, -0.2) is 51.3 Å². The van der Waals surface area contributed by atoms with Gasteiger partial charge in [-0.3, -0.25) is 4.90 Å². The van der Waals surface area contributed by atoms with Crippen LogP contribution in [0.5, 0.6) is 0 Å². The van der Waals surface area contributed by atoms with Gasteiger partial charge in [-0.15, -0.1) is 5.10 Å². The number of halogens is 1. The third kappa shape index (κ3) is 4.28. The summed E-state index contributed by atoms with van der Waals surface area (Å²) >= 11 is 6.19. The predicted octanol–water partition coefficient (Wildman–Crippen LogP) is 3.99. The van der Waals surface area contributed by atoms with Crippen molar-refractivity contribution in [1.82, 2.24) is 25.1 Å². The number of benzene rings is 2. The number of rotatable bonds is 4. The van der Waals surface area contributed by atoms with Crippen molar-refractivity contribution in [3.63, 3.8) is 0 Å². The van der Waals surface area contributed by atoms with Gasteiger partial charge in [-0.2, -0.15) is 0 Å². The minimum atomic E-state index is -0.186. The number of piperazine rings is 1. The van der Waals surface area contributed by atoms with Crippen molar-refractivity contribution in [3.05, 3.63) is 71.0 Å². The molecule has 7 heteroatoms. The molecule has 0 radical (unpaired) electrons. The molecule has 6 nitrogen and oxygen atoms in total. The normalized spacial score (nSPS) is 16.8. The van der Waals surface area contributed by atoms with Crippen molar-refractivity contribution in [1.29, 1.82) is 0 Å². The van der Waals surface area contributed by atoms with Crippen molar-refractivity contribution in [3.8, 4) is 0 Å². The van der Waals surface area contributed by atoms with Crippen LogP contribution in [0.1, 0.15) is 38.2 Å². The molecule has 0 N–H and O–H groups in total. The Morgan fingerprint density at radius 2 is 1.66 bits per heavy atom. The first kappa shape index (κ1) is 19.9. The lowest BCUT2D eigenvalue weighted by Gasteiger charge is -2.40. The molecule has 0 saturated carbocycles. The Morgan fingerprint density at radius 3 is 2.31 bits per heavy atom. The van der Waals surface area contributed by atoms with E-state index in [1.807, 2.05) is 28.9 Å². The van der Waals surface area contributed by atoms with Gasteiger partial charge in [0.2, 0.25) is 0 Å². The number of hydrogen-bond acceptors (Lipinski definition) is 5. The molecule has 2 aromatic carbocycles. The smallest absolute Gasteiger partial charge is 0.173 e. The van der Waals surface area contributed by atoms with Gasteiger partial charge in [0.25, 0.3) is 0 Å². The molecule has 1 fully saturated rings. The first-order chi connectivity index (χ1) is 13.9. The highest BCUT2D eigenvalue weighted by Gasteiger charge is 2.33. The number of tetrazole rings is 1. The van der Waals surface area contributed by atoms with E-state index < -0.39 is 0 Å². The molecule has 1 aliphatic rings. The van der Waals surface area contributed by atoms with Crippen LogP contribution in [0.2, 0.25) is 5.02 Å². The standard InChI is InChI=1S/C22H27ClN6/c1-22(2,3)29-21(24-25-26-29)20(17-8-5-4-6-9-17)28-14-12-27(13-15-28)19-11-7-10-18(23)16-19/h4-11,16,20H,12-15H2,1-3H3/t20-/m0/s1. The van der Waals surface area contributed by atoms with Crippen molar-refractivity contribution in [2.24, 2.45) is 0 Å². The second-order valence-corrected chi connectivity index (χ2v) is 8.87. The summed E-state index contributed by atoms with van der Waals surface area (Å²) in [6.45, 7) is 10.1. The average Bonchev–Trinajstić information content (AvgIpc) is 3.20. The largest absolute Gasteiger partial charge is 0.369 e. The maximum Gasteiger partial charge on any atom is 0.173 e. The second-order valence-electron chi connectivity index (χ2n) is 8.44. The summed E-state index contributed by atoms with van der Waals surface area (Å²) in [6.07, 6.45) is 0. The third-order valence-electron chi connectivity index (χ3n) is 5.34. The van der Waals surface area contributed by atoms with Crippen molar-refractivity contribution < 1.29 is 0 Å². The molecule has 1 aromatic heterocycles. The Labute approximate surface area is 177 Å². The number of nitrogens with zero attached hydrogens (tertiary/aromatic N) is 6. The fraction of sp³-hybridized carbons (Fsp3) is 0.409. The number of aromatic nitrogens is 4. The average molecular weight is 411 g/mol. The predicted molar refractivity (Wildman–Crippen MR) is 116 cm³/mol. The molecule has 1 atom stereocenters. The Bertz CT molecular complexity index is 941. The Balaban J connectivity index is 1.62. The molecule has 0 bridgehead atoms. The zero-order valence-corrected chi connectivity index (χ0v) is 17.9. The van der Waals surface area contributed by atoms with Gasteiger partial charge in [-0.05, 0) is 55.0 Å². The lowest BCUT2D eigenvalue weighted by molar-refractivity contribution is 0.191. The molecule has 152 valence electrons. The van der Waals surface area contributed by atoms with E-state index in [-0.39, 0.29) is 11.6 Å². The molecular weight excluding hydrogens is 384 g/mol. The van der Waals surface area contributed by atoms with Gasteiger partial charge >= 0.3 is 0 Å². The lowest BCUT2D eigenvalue weighted by atomic mass is 10.0. The second kappa shape index (κ2) is 8.13. The molecule has 0 aliphatic carbocycles. The fourth-order valence-corrected chi connectivity index (χ4v) is 4.10. The summed E-state index contributed by atoms with van der Waals surface area (Å²) in [4.78, 5) is 4.86. The SMILES string of the molecule is CC(C)(C)n1nnnc1[C@H](c1ccccc1)N1CCN(c2cccc(Cl)c2)CC1. The summed E-state index contributed by atoms with van der Waals surface area (Å²) in [5.74, 6) is 0.889. The molecule has 29 heavy (non-hydrogen) atoms. The van der Waals surface area contributed by atoms with Crippen LogP contribution in [0.4, 0.5) is 5.69 Å². The molecule has 3 aromatic rings. The first-order valence-corrected chi connectivity index (χ1v) is 10.4. The topological polar surface area (TPSA) is 50.1 Å². The van der Waals surface area contributed by atoms with Gasteiger partial charge in [0.05, 0.1) is 11.6 Å². The number of anilines is 1. The quantitative estimate of drug-likeness (QED) is 0.650. The van der Waals surface area contributed by atoms with Gasteiger partial charge < -0.3 is 4.90 Å². The Hall–Kier alpha value is -2.44. The van der Waals surface area contributed by atoms with E-state index in [1.54, 1.807) is 0 Å². The Morgan fingerprint density at radius 1 is 0.931 bits per heavy atom. The van der Waals surface area contributed by atoms with Crippen molar-refractivity contribution >= 4 is 17.3 Å². The van der Waals surface area contributed by atoms with Gasteiger partial charge in [-0.25, -0.2) is 4.68 Å². The van der Waals surface area contributed by atoms with Gasteiger partial charge in [0.1, 0.15) is 0 Å². The van der Waals surface area contributed by atoms with E-state index in [0.717, 1.165) is 37.0 Å². The van der Waals surface area contributed by atoms with E-state index >= 15 is 0 Å². The molecule has 2 heterocycles. The minimum absolute atomic E-state index is 0.0203. The third-order valence-corrected chi connectivity index (χ3v) is 5.58. The maximum absolute atomic E-state index is 6.19. The van der Waals surface area contributed by atoms with Crippen LogP contribution in [0.25, 0.3) is 0 Å². The summed E-state index contributed by atoms with van der Waals surface area (Å²) < 4.78 is 1.95. The van der Waals surface area contributed by atoms with Crippen LogP contribution in [-0.2, 0) is 5.54 Å². The molecule has 1 saturated heterocycles. The highest BCUT2D eigenvalue weighted by molar-refractivity contribution is 6.30. The van der Waals surface area contributed by atoms with Gasteiger partial charge in [0, 0.05) is 36.9 Å². The highest BCUT2D eigenvalue weighted by atomic mass is 35.5. The summed E-state index contributed by atoms with van der Waals surface area (Å²) in [5, 5.41) is 13.5. The van der Waals surface area contributed by atoms with Crippen LogP contribution in [0.3, 0.4) is 0 Å². The maximum atomic E-state index is 6.19.